The zero-order chi connectivity index (χ0) is 15.5. The van der Waals surface area contributed by atoms with Crippen molar-refractivity contribution in [2.45, 2.75) is 30.3 Å². The standard InChI is InChI=1S/C18H19NO2S/c19-18(20)15-10-8-13(9-11-15)12-22(21)17-7-3-5-14-4-1-2-6-16(14)17/h1-2,4,6,8-11,17H,3,5,7,12H2,(H2,19,20)/t17-,22+/m0/s1. The highest BCUT2D eigenvalue weighted by molar-refractivity contribution is 7.84. The molecule has 0 heterocycles. The minimum absolute atomic E-state index is 0.112. The number of fused-ring (bicyclic) bond motifs is 1. The van der Waals surface area contributed by atoms with E-state index in [1.165, 1.54) is 11.1 Å². The van der Waals surface area contributed by atoms with Crippen molar-refractivity contribution in [1.82, 2.24) is 0 Å². The number of benzene rings is 2. The highest BCUT2D eigenvalue weighted by Gasteiger charge is 2.24. The summed E-state index contributed by atoms with van der Waals surface area (Å²) in [6, 6.07) is 15.4. The summed E-state index contributed by atoms with van der Waals surface area (Å²) >= 11 is 0. The van der Waals surface area contributed by atoms with Crippen LogP contribution in [0.5, 0.6) is 0 Å². The van der Waals surface area contributed by atoms with E-state index in [1.54, 1.807) is 12.1 Å². The van der Waals surface area contributed by atoms with Crippen molar-refractivity contribution >= 4 is 16.7 Å². The Morgan fingerprint density at radius 3 is 2.59 bits per heavy atom. The van der Waals surface area contributed by atoms with Crippen molar-refractivity contribution < 1.29 is 9.00 Å². The zero-order valence-corrected chi connectivity index (χ0v) is 13.1. The Balaban J connectivity index is 1.76. The second-order valence-electron chi connectivity index (χ2n) is 5.67. The molecule has 0 fully saturated rings. The third kappa shape index (κ3) is 3.12. The molecule has 1 aliphatic rings. The Bertz CT molecular complexity index is 709. The Morgan fingerprint density at radius 1 is 1.14 bits per heavy atom. The van der Waals surface area contributed by atoms with Crippen LogP contribution in [-0.2, 0) is 23.0 Å². The van der Waals surface area contributed by atoms with Gasteiger partial charge in [0, 0.05) is 22.1 Å². The number of carbonyl (C=O) groups is 1. The van der Waals surface area contributed by atoms with Gasteiger partial charge in [-0.3, -0.25) is 9.00 Å². The van der Waals surface area contributed by atoms with Gasteiger partial charge in [0.25, 0.3) is 0 Å². The average Bonchev–Trinajstić information content (AvgIpc) is 2.54. The molecule has 0 unspecified atom stereocenters. The van der Waals surface area contributed by atoms with Crippen LogP contribution in [0.1, 0.15) is 45.1 Å². The molecule has 0 aliphatic heterocycles. The first kappa shape index (κ1) is 15.0. The molecule has 0 spiro atoms. The third-order valence-corrected chi connectivity index (χ3v) is 5.92. The summed E-state index contributed by atoms with van der Waals surface area (Å²) < 4.78 is 12.8. The van der Waals surface area contributed by atoms with Crippen molar-refractivity contribution in [2.24, 2.45) is 5.73 Å². The number of amides is 1. The number of carbonyl (C=O) groups excluding carboxylic acids is 1. The normalized spacial score (nSPS) is 18.5. The maximum atomic E-state index is 12.8. The van der Waals surface area contributed by atoms with Crippen molar-refractivity contribution in [3.63, 3.8) is 0 Å². The maximum absolute atomic E-state index is 12.8. The molecule has 0 bridgehead atoms. The third-order valence-electron chi connectivity index (χ3n) is 4.18. The van der Waals surface area contributed by atoms with Gasteiger partial charge in [0.05, 0.1) is 5.25 Å². The van der Waals surface area contributed by atoms with Crippen LogP contribution in [0.3, 0.4) is 0 Å². The lowest BCUT2D eigenvalue weighted by Gasteiger charge is -2.24. The molecule has 2 aromatic carbocycles. The molecule has 0 radical (unpaired) electrons. The van der Waals surface area contributed by atoms with Gasteiger partial charge >= 0.3 is 0 Å². The Labute approximate surface area is 133 Å². The molecular formula is C18H19NO2S. The van der Waals surface area contributed by atoms with Crippen LogP contribution < -0.4 is 5.73 Å². The van der Waals surface area contributed by atoms with E-state index >= 15 is 0 Å². The topological polar surface area (TPSA) is 60.2 Å². The van der Waals surface area contributed by atoms with Crippen LogP contribution >= 0.6 is 0 Å². The van der Waals surface area contributed by atoms with E-state index < -0.39 is 16.7 Å². The SMILES string of the molecule is NC(=O)c1ccc(C[S@@](=O)[C@H]2CCCc3ccccc32)cc1. The smallest absolute Gasteiger partial charge is 0.248 e. The molecular weight excluding hydrogens is 294 g/mol. The molecule has 0 saturated heterocycles. The van der Waals surface area contributed by atoms with Crippen molar-refractivity contribution in [3.05, 3.63) is 70.8 Å². The minimum atomic E-state index is -0.952. The molecule has 22 heavy (non-hydrogen) atoms. The van der Waals surface area contributed by atoms with E-state index in [4.69, 9.17) is 5.73 Å². The molecule has 1 amide bonds. The van der Waals surface area contributed by atoms with E-state index in [-0.39, 0.29) is 5.25 Å². The van der Waals surface area contributed by atoms with Crippen LogP contribution in [0.4, 0.5) is 0 Å². The van der Waals surface area contributed by atoms with Gasteiger partial charge < -0.3 is 5.73 Å². The molecule has 3 nitrogen and oxygen atoms in total. The number of hydrogen-bond donors (Lipinski definition) is 1. The Kier molecular flexibility index (Phi) is 4.39. The lowest BCUT2D eigenvalue weighted by atomic mass is 9.91. The largest absolute Gasteiger partial charge is 0.366 e. The summed E-state index contributed by atoms with van der Waals surface area (Å²) in [5.74, 6) is 0.0757. The first-order chi connectivity index (χ1) is 10.6. The van der Waals surface area contributed by atoms with Gasteiger partial charge in [0.15, 0.2) is 0 Å². The Hall–Kier alpha value is -1.94. The van der Waals surface area contributed by atoms with Gasteiger partial charge in [-0.25, -0.2) is 0 Å². The molecule has 2 aromatic rings. The van der Waals surface area contributed by atoms with E-state index in [9.17, 15) is 9.00 Å². The van der Waals surface area contributed by atoms with Crippen LogP contribution in [0.15, 0.2) is 48.5 Å². The van der Waals surface area contributed by atoms with E-state index in [0.717, 1.165) is 24.8 Å². The van der Waals surface area contributed by atoms with Crippen LogP contribution in [-0.4, -0.2) is 10.1 Å². The maximum Gasteiger partial charge on any atom is 0.248 e. The zero-order valence-electron chi connectivity index (χ0n) is 12.3. The van der Waals surface area contributed by atoms with Gasteiger partial charge in [-0.2, -0.15) is 0 Å². The molecule has 114 valence electrons. The summed E-state index contributed by atoms with van der Waals surface area (Å²) in [6.07, 6.45) is 3.15. The summed E-state index contributed by atoms with van der Waals surface area (Å²) in [6.45, 7) is 0. The van der Waals surface area contributed by atoms with Crippen LogP contribution in [0, 0.1) is 0 Å². The summed E-state index contributed by atoms with van der Waals surface area (Å²) in [7, 11) is -0.952. The summed E-state index contributed by atoms with van der Waals surface area (Å²) in [4.78, 5) is 11.1. The number of aryl methyl sites for hydroxylation is 1. The molecule has 2 atom stereocenters. The quantitative estimate of drug-likeness (QED) is 0.943. The van der Waals surface area contributed by atoms with Gasteiger partial charge in [0.1, 0.15) is 0 Å². The van der Waals surface area contributed by atoms with E-state index in [0.29, 0.717) is 11.3 Å². The van der Waals surface area contributed by atoms with Gasteiger partial charge in [0.2, 0.25) is 5.91 Å². The van der Waals surface area contributed by atoms with Crippen LogP contribution in [0.2, 0.25) is 0 Å². The fraction of sp³-hybridized carbons (Fsp3) is 0.278. The highest BCUT2D eigenvalue weighted by Crippen LogP contribution is 2.35. The fourth-order valence-corrected chi connectivity index (χ4v) is 4.68. The van der Waals surface area contributed by atoms with Crippen LogP contribution in [0.25, 0.3) is 0 Å². The second-order valence-corrected chi connectivity index (χ2v) is 7.29. The molecule has 3 rings (SSSR count). The van der Waals surface area contributed by atoms with Gasteiger partial charge in [-0.15, -0.1) is 0 Å². The summed E-state index contributed by atoms with van der Waals surface area (Å²) in [5.41, 5.74) is 9.26. The molecule has 2 N–H and O–H groups in total. The lowest BCUT2D eigenvalue weighted by molar-refractivity contribution is 0.100. The van der Waals surface area contributed by atoms with Gasteiger partial charge in [-0.1, -0.05) is 36.4 Å². The van der Waals surface area contributed by atoms with Crippen molar-refractivity contribution in [1.29, 1.82) is 0 Å². The predicted molar refractivity (Wildman–Crippen MR) is 88.9 cm³/mol. The minimum Gasteiger partial charge on any atom is -0.366 e. The molecule has 1 aliphatic carbocycles. The predicted octanol–water partition coefficient (Wildman–Crippen LogP) is 3.11. The first-order valence-corrected chi connectivity index (χ1v) is 8.87. The highest BCUT2D eigenvalue weighted by atomic mass is 32.2. The number of rotatable bonds is 4. The number of nitrogens with two attached hydrogens (primary N) is 1. The fourth-order valence-electron chi connectivity index (χ4n) is 3.01. The first-order valence-electron chi connectivity index (χ1n) is 7.49. The molecule has 4 heteroatoms. The van der Waals surface area contributed by atoms with Gasteiger partial charge in [-0.05, 0) is 48.1 Å². The second kappa shape index (κ2) is 6.44. The van der Waals surface area contributed by atoms with E-state index in [2.05, 4.69) is 12.1 Å². The number of primary amides is 1. The number of hydrogen-bond acceptors (Lipinski definition) is 2. The molecule has 0 saturated carbocycles. The summed E-state index contributed by atoms with van der Waals surface area (Å²) in [5, 5.41) is 0.112. The lowest BCUT2D eigenvalue weighted by Crippen LogP contribution is -2.15. The van der Waals surface area contributed by atoms with Crippen molar-refractivity contribution in [3.8, 4) is 0 Å². The molecule has 0 aromatic heterocycles. The average molecular weight is 313 g/mol. The van der Waals surface area contributed by atoms with E-state index in [1.807, 2.05) is 24.3 Å². The Morgan fingerprint density at radius 2 is 1.86 bits per heavy atom. The monoisotopic (exact) mass is 313 g/mol. The van der Waals surface area contributed by atoms with Crippen molar-refractivity contribution in [2.75, 3.05) is 0 Å².